The summed E-state index contributed by atoms with van der Waals surface area (Å²) in [7, 11) is 0. The second-order valence-corrected chi connectivity index (χ2v) is 4.05. The fourth-order valence-corrected chi connectivity index (χ4v) is 2.29. The van der Waals surface area contributed by atoms with Crippen LogP contribution in [0.1, 0.15) is 26.2 Å². The van der Waals surface area contributed by atoms with Gasteiger partial charge in [0.05, 0.1) is 17.2 Å². The van der Waals surface area contributed by atoms with Gasteiger partial charge in [0, 0.05) is 18.5 Å². The monoisotopic (exact) mass is 224 g/mol. The van der Waals surface area contributed by atoms with Gasteiger partial charge in [-0.1, -0.05) is 0 Å². The zero-order valence-electron chi connectivity index (χ0n) is 9.39. The molecule has 1 atom stereocenters. The molecule has 1 unspecified atom stereocenters. The van der Waals surface area contributed by atoms with E-state index in [0.717, 1.165) is 31.5 Å². The molecule has 0 saturated carbocycles. The van der Waals surface area contributed by atoms with Crippen molar-refractivity contribution in [1.82, 2.24) is 5.06 Å². The quantitative estimate of drug-likeness (QED) is 0.544. The summed E-state index contributed by atoms with van der Waals surface area (Å²) < 4.78 is 0. The Balaban J connectivity index is 2.20. The molecule has 2 rings (SSSR count). The highest BCUT2D eigenvalue weighted by Crippen LogP contribution is 2.34. The van der Waals surface area contributed by atoms with Crippen molar-refractivity contribution in [3.05, 3.63) is 33.7 Å². The summed E-state index contributed by atoms with van der Waals surface area (Å²) >= 11 is 0. The molecular weight excluding hydrogens is 208 g/mol. The number of fused-ring (bicyclic) bond motifs is 1. The maximum Gasteiger partial charge on any atom is 0.267 e. The minimum absolute atomic E-state index is 0.192. The lowest BCUT2D eigenvalue weighted by Crippen LogP contribution is -2.34. The Hall–Kier alpha value is -1.36. The van der Waals surface area contributed by atoms with E-state index >= 15 is 0 Å². The Morgan fingerprint density at radius 3 is 3.19 bits per heavy atom. The molecule has 1 aliphatic carbocycles. The third kappa shape index (κ3) is 2.09. The molecule has 0 bridgehead atoms. The summed E-state index contributed by atoms with van der Waals surface area (Å²) in [4.78, 5) is 15.9. The molecule has 5 nitrogen and oxygen atoms in total. The molecule has 1 saturated heterocycles. The van der Waals surface area contributed by atoms with Crippen LogP contribution in [0.15, 0.2) is 23.5 Å². The molecule has 88 valence electrons. The van der Waals surface area contributed by atoms with Gasteiger partial charge in [-0.05, 0) is 32.3 Å². The number of hydrogen-bond donors (Lipinski definition) is 0. The number of hydrogen-bond acceptors (Lipinski definition) is 4. The highest BCUT2D eigenvalue weighted by atomic mass is 16.7. The van der Waals surface area contributed by atoms with Crippen LogP contribution in [0.3, 0.4) is 0 Å². The number of nitrogens with zero attached hydrogens (tertiary/aromatic N) is 2. The number of allylic oxidation sites excluding steroid dienone is 3. The van der Waals surface area contributed by atoms with Crippen molar-refractivity contribution in [1.29, 1.82) is 0 Å². The van der Waals surface area contributed by atoms with Crippen LogP contribution >= 0.6 is 0 Å². The molecule has 0 aromatic carbocycles. The van der Waals surface area contributed by atoms with Crippen molar-refractivity contribution in [3.63, 3.8) is 0 Å². The van der Waals surface area contributed by atoms with Crippen LogP contribution in [0.25, 0.3) is 0 Å². The van der Waals surface area contributed by atoms with Gasteiger partial charge in [-0.3, -0.25) is 20.0 Å². The van der Waals surface area contributed by atoms with Gasteiger partial charge in [-0.25, -0.2) is 0 Å². The van der Waals surface area contributed by atoms with Gasteiger partial charge >= 0.3 is 0 Å². The van der Waals surface area contributed by atoms with E-state index in [9.17, 15) is 10.1 Å². The van der Waals surface area contributed by atoms with E-state index in [1.807, 2.05) is 12.0 Å². The molecule has 0 spiro atoms. The molecule has 1 heterocycles. The Morgan fingerprint density at radius 2 is 2.50 bits per heavy atom. The Kier molecular flexibility index (Phi) is 3.24. The van der Waals surface area contributed by atoms with Gasteiger partial charge in [-0.15, -0.1) is 0 Å². The van der Waals surface area contributed by atoms with Crippen LogP contribution in [0.2, 0.25) is 0 Å². The van der Waals surface area contributed by atoms with Crippen molar-refractivity contribution in [2.45, 2.75) is 26.2 Å². The van der Waals surface area contributed by atoms with Gasteiger partial charge in [-0.2, -0.15) is 0 Å². The molecule has 1 aliphatic heterocycles. The summed E-state index contributed by atoms with van der Waals surface area (Å²) in [5.74, 6) is 0.393. The smallest absolute Gasteiger partial charge is 0.267 e. The fraction of sp³-hybridized carbons (Fsp3) is 0.636. The molecule has 5 heteroatoms. The first-order valence-electron chi connectivity index (χ1n) is 5.69. The largest absolute Gasteiger partial charge is 0.274 e. The van der Waals surface area contributed by atoms with Crippen LogP contribution < -0.4 is 0 Å². The first-order valence-corrected chi connectivity index (χ1v) is 5.69. The van der Waals surface area contributed by atoms with Crippen LogP contribution in [0, 0.1) is 16.0 Å². The Bertz CT molecular complexity index is 347. The zero-order valence-corrected chi connectivity index (χ0v) is 9.39. The second-order valence-electron chi connectivity index (χ2n) is 4.05. The number of piperidine rings is 1. The predicted molar refractivity (Wildman–Crippen MR) is 58.8 cm³/mol. The molecule has 0 N–H and O–H groups in total. The highest BCUT2D eigenvalue weighted by Gasteiger charge is 2.30. The minimum atomic E-state index is -0.331. The molecule has 2 aliphatic rings. The third-order valence-electron chi connectivity index (χ3n) is 3.02. The van der Waals surface area contributed by atoms with Crippen molar-refractivity contribution in [2.75, 3.05) is 13.2 Å². The lowest BCUT2D eigenvalue weighted by Gasteiger charge is -2.36. The van der Waals surface area contributed by atoms with Crippen molar-refractivity contribution >= 4 is 0 Å². The molecule has 1 fully saturated rings. The molecule has 0 aromatic rings. The number of nitro groups is 1. The lowest BCUT2D eigenvalue weighted by molar-refractivity contribution is -0.420. The molecule has 16 heavy (non-hydrogen) atoms. The van der Waals surface area contributed by atoms with Gasteiger partial charge in [0.1, 0.15) is 0 Å². The first kappa shape index (κ1) is 11.1. The summed E-state index contributed by atoms with van der Waals surface area (Å²) in [5, 5.41) is 12.6. The van der Waals surface area contributed by atoms with E-state index in [1.54, 1.807) is 12.2 Å². The molecule has 0 aromatic heterocycles. The van der Waals surface area contributed by atoms with Gasteiger partial charge in [0.25, 0.3) is 5.70 Å². The van der Waals surface area contributed by atoms with Crippen LogP contribution in [0.5, 0.6) is 0 Å². The van der Waals surface area contributed by atoms with E-state index < -0.39 is 0 Å². The van der Waals surface area contributed by atoms with Crippen molar-refractivity contribution in [2.24, 2.45) is 5.92 Å². The molecule has 0 amide bonds. The van der Waals surface area contributed by atoms with Crippen LogP contribution in [-0.4, -0.2) is 23.1 Å². The number of hydroxylamine groups is 2. The standard InChI is InChI=1S/C11H16N2O3/c1-2-16-12-7-3-4-9-5-6-10(13(14)15)8-11(9)12/h6,8-9H,2-5,7H2,1H3. The van der Waals surface area contributed by atoms with E-state index in [0.29, 0.717) is 12.5 Å². The zero-order chi connectivity index (χ0) is 11.5. The van der Waals surface area contributed by atoms with E-state index in [-0.39, 0.29) is 10.6 Å². The Morgan fingerprint density at radius 1 is 1.69 bits per heavy atom. The Labute approximate surface area is 94.5 Å². The average molecular weight is 224 g/mol. The van der Waals surface area contributed by atoms with E-state index in [4.69, 9.17) is 4.84 Å². The second kappa shape index (κ2) is 4.65. The van der Waals surface area contributed by atoms with Crippen LogP contribution in [0.4, 0.5) is 0 Å². The van der Waals surface area contributed by atoms with Crippen molar-refractivity contribution < 1.29 is 9.76 Å². The summed E-state index contributed by atoms with van der Waals surface area (Å²) in [6.45, 7) is 3.36. The summed E-state index contributed by atoms with van der Waals surface area (Å²) in [5.41, 5.74) is 1.17. The maximum atomic E-state index is 10.7. The van der Waals surface area contributed by atoms with E-state index in [2.05, 4.69) is 0 Å². The minimum Gasteiger partial charge on any atom is -0.274 e. The summed E-state index contributed by atoms with van der Waals surface area (Å²) in [6.07, 6.45) is 6.30. The molecular formula is C11H16N2O3. The van der Waals surface area contributed by atoms with Crippen molar-refractivity contribution in [3.8, 4) is 0 Å². The normalized spacial score (nSPS) is 24.6. The maximum absolute atomic E-state index is 10.7. The SMILES string of the molecule is CCON1CCCC2CC=C([N+](=O)[O-])C=C21. The first-order chi connectivity index (χ1) is 7.72. The van der Waals surface area contributed by atoms with Gasteiger partial charge in [0.15, 0.2) is 0 Å². The average Bonchev–Trinajstić information content (AvgIpc) is 2.29. The van der Waals surface area contributed by atoms with E-state index in [1.165, 1.54) is 0 Å². The molecule has 0 radical (unpaired) electrons. The number of rotatable bonds is 3. The van der Waals surface area contributed by atoms with Gasteiger partial charge in [0.2, 0.25) is 0 Å². The topological polar surface area (TPSA) is 55.6 Å². The lowest BCUT2D eigenvalue weighted by atomic mass is 9.88. The highest BCUT2D eigenvalue weighted by molar-refractivity contribution is 5.25. The third-order valence-corrected chi connectivity index (χ3v) is 3.02. The fourth-order valence-electron chi connectivity index (χ4n) is 2.29. The van der Waals surface area contributed by atoms with Crippen LogP contribution in [-0.2, 0) is 4.84 Å². The predicted octanol–water partition coefficient (Wildman–Crippen LogP) is 2.10. The summed E-state index contributed by atoms with van der Waals surface area (Å²) in [6, 6.07) is 0. The van der Waals surface area contributed by atoms with Gasteiger partial charge < -0.3 is 0 Å².